The van der Waals surface area contributed by atoms with Gasteiger partial charge in [0.25, 0.3) is 11.6 Å². The number of pyridine rings is 1. The third-order valence-electron chi connectivity index (χ3n) is 5.11. The number of hydrogen-bond acceptors (Lipinski definition) is 8. The lowest BCUT2D eigenvalue weighted by atomic mass is 9.93. The summed E-state index contributed by atoms with van der Waals surface area (Å²) in [5.74, 6) is -0.402. The average molecular weight is 474 g/mol. The highest BCUT2D eigenvalue weighted by Gasteiger charge is 2.28. The van der Waals surface area contributed by atoms with E-state index in [0.29, 0.717) is 38.2 Å². The number of rotatable bonds is 12. The maximum absolute atomic E-state index is 13.3. The van der Waals surface area contributed by atoms with E-state index in [-0.39, 0.29) is 36.3 Å². The second-order valence-corrected chi connectivity index (χ2v) is 7.62. The predicted molar refractivity (Wildman–Crippen MR) is 121 cm³/mol. The molecule has 1 aromatic carbocycles. The Balaban J connectivity index is 1.56. The Morgan fingerprint density at radius 3 is 2.71 bits per heavy atom. The number of nitrogens with one attached hydrogen (secondary N) is 2. The lowest BCUT2D eigenvalue weighted by Gasteiger charge is -2.29. The number of anilines is 1. The SMILES string of the molecule is O=C(NCCNc1ccc([N+](=O)[O-])cn1)C1=C[C@@H](c2ccc(F)cc2)C[C@@H](OCCCCO)O1. The minimum Gasteiger partial charge on any atom is -0.459 e. The van der Waals surface area contributed by atoms with Crippen molar-refractivity contribution >= 4 is 17.4 Å². The standard InChI is InChI=1S/C23H27FN4O6/c24-18-5-3-16(4-6-18)17-13-20(34-22(14-17)33-12-2-1-11-29)23(30)26-10-9-25-21-8-7-19(15-27-21)28(31)32/h3-8,13,15,17,22,29H,1-2,9-12,14H2,(H,25,27)(H,26,30)/t17-,22+/m1/s1. The van der Waals surface area contributed by atoms with Crippen LogP contribution in [0.3, 0.4) is 0 Å². The van der Waals surface area contributed by atoms with E-state index in [0.717, 1.165) is 11.8 Å². The van der Waals surface area contributed by atoms with E-state index in [9.17, 15) is 19.3 Å². The molecule has 0 unspecified atom stereocenters. The first-order valence-electron chi connectivity index (χ1n) is 10.9. The first-order valence-corrected chi connectivity index (χ1v) is 10.9. The van der Waals surface area contributed by atoms with Gasteiger partial charge in [-0.1, -0.05) is 12.1 Å². The van der Waals surface area contributed by atoms with Gasteiger partial charge in [0.15, 0.2) is 5.76 Å². The molecule has 0 bridgehead atoms. The molecule has 0 radical (unpaired) electrons. The smallest absolute Gasteiger partial charge is 0.287 e. The summed E-state index contributed by atoms with van der Waals surface area (Å²) < 4.78 is 24.8. The molecule has 0 saturated heterocycles. The first-order chi connectivity index (χ1) is 16.5. The van der Waals surface area contributed by atoms with Crippen molar-refractivity contribution in [2.45, 2.75) is 31.5 Å². The zero-order valence-electron chi connectivity index (χ0n) is 18.5. The third kappa shape index (κ3) is 7.49. The molecule has 0 fully saturated rings. The third-order valence-corrected chi connectivity index (χ3v) is 5.11. The molecule has 3 rings (SSSR count). The fourth-order valence-corrected chi connectivity index (χ4v) is 3.34. The number of amides is 1. The number of halogens is 1. The highest BCUT2D eigenvalue weighted by Crippen LogP contribution is 2.31. The number of nitrogens with zero attached hydrogens (tertiary/aromatic N) is 2. The summed E-state index contributed by atoms with van der Waals surface area (Å²) in [6.07, 6.45) is 3.93. The molecule has 1 aliphatic rings. The number of carbonyl (C=O) groups is 1. The van der Waals surface area contributed by atoms with E-state index in [1.54, 1.807) is 18.2 Å². The fraction of sp³-hybridized carbons (Fsp3) is 0.391. The molecule has 0 saturated carbocycles. The highest BCUT2D eigenvalue weighted by molar-refractivity contribution is 5.91. The van der Waals surface area contributed by atoms with Crippen molar-refractivity contribution < 1.29 is 28.7 Å². The van der Waals surface area contributed by atoms with Crippen LogP contribution in [0.1, 0.15) is 30.7 Å². The minimum absolute atomic E-state index is 0.0735. The second-order valence-electron chi connectivity index (χ2n) is 7.62. The summed E-state index contributed by atoms with van der Waals surface area (Å²) in [7, 11) is 0. The molecule has 1 aromatic heterocycles. The van der Waals surface area contributed by atoms with E-state index in [4.69, 9.17) is 14.6 Å². The zero-order valence-corrected chi connectivity index (χ0v) is 18.5. The van der Waals surface area contributed by atoms with Gasteiger partial charge in [0.1, 0.15) is 17.8 Å². The number of allylic oxidation sites excluding steroid dienone is 1. The second kappa shape index (κ2) is 12.6. The summed E-state index contributed by atoms with van der Waals surface area (Å²) >= 11 is 0. The van der Waals surface area contributed by atoms with Crippen LogP contribution in [0, 0.1) is 15.9 Å². The molecule has 2 atom stereocenters. The maximum Gasteiger partial charge on any atom is 0.287 e. The van der Waals surface area contributed by atoms with Crippen LogP contribution in [0.15, 0.2) is 54.4 Å². The normalized spacial score (nSPS) is 17.4. The van der Waals surface area contributed by atoms with Gasteiger partial charge in [0.05, 0.1) is 11.5 Å². The lowest BCUT2D eigenvalue weighted by Crippen LogP contribution is -2.35. The predicted octanol–water partition coefficient (Wildman–Crippen LogP) is 2.86. The maximum atomic E-state index is 13.3. The van der Waals surface area contributed by atoms with Gasteiger partial charge in [0, 0.05) is 38.1 Å². The van der Waals surface area contributed by atoms with Gasteiger partial charge >= 0.3 is 0 Å². The van der Waals surface area contributed by atoms with E-state index >= 15 is 0 Å². The topological polar surface area (TPSA) is 136 Å². The van der Waals surface area contributed by atoms with Gasteiger partial charge < -0.3 is 25.2 Å². The fourth-order valence-electron chi connectivity index (χ4n) is 3.34. The summed E-state index contributed by atoms with van der Waals surface area (Å²) in [5.41, 5.74) is 0.731. The van der Waals surface area contributed by atoms with Gasteiger partial charge in [-0.25, -0.2) is 9.37 Å². The molecule has 11 heteroatoms. The lowest BCUT2D eigenvalue weighted by molar-refractivity contribution is -0.385. The van der Waals surface area contributed by atoms with Gasteiger partial charge in [0.2, 0.25) is 6.29 Å². The van der Waals surface area contributed by atoms with Gasteiger partial charge in [-0.15, -0.1) is 0 Å². The largest absolute Gasteiger partial charge is 0.459 e. The van der Waals surface area contributed by atoms with Crippen LogP contribution in [0.2, 0.25) is 0 Å². The van der Waals surface area contributed by atoms with Crippen LogP contribution in [0.4, 0.5) is 15.9 Å². The van der Waals surface area contributed by atoms with Gasteiger partial charge in [-0.05, 0) is 42.7 Å². The van der Waals surface area contributed by atoms with E-state index in [1.165, 1.54) is 24.3 Å². The molecule has 0 aliphatic carbocycles. The molecular formula is C23H27FN4O6. The number of ether oxygens (including phenoxy) is 2. The zero-order chi connectivity index (χ0) is 24.3. The number of carbonyl (C=O) groups excluding carboxylic acids is 1. The van der Waals surface area contributed by atoms with E-state index < -0.39 is 17.1 Å². The molecule has 34 heavy (non-hydrogen) atoms. The Kier molecular flexibility index (Phi) is 9.30. The van der Waals surface area contributed by atoms with Crippen LogP contribution < -0.4 is 10.6 Å². The van der Waals surface area contributed by atoms with Crippen molar-refractivity contribution in [2.24, 2.45) is 0 Å². The van der Waals surface area contributed by atoms with Crippen LogP contribution in [0.25, 0.3) is 0 Å². The van der Waals surface area contributed by atoms with Crippen molar-refractivity contribution in [2.75, 3.05) is 31.6 Å². The Hall–Kier alpha value is -3.57. The monoisotopic (exact) mass is 474 g/mol. The summed E-state index contributed by atoms with van der Waals surface area (Å²) in [5, 5.41) is 25.3. The van der Waals surface area contributed by atoms with Crippen molar-refractivity contribution in [1.82, 2.24) is 10.3 Å². The minimum atomic E-state index is -0.651. The number of nitro groups is 1. The molecule has 1 amide bonds. The van der Waals surface area contributed by atoms with Crippen molar-refractivity contribution in [3.05, 3.63) is 75.9 Å². The van der Waals surface area contributed by atoms with E-state index in [2.05, 4.69) is 15.6 Å². The molecule has 2 aromatic rings. The Morgan fingerprint density at radius 2 is 2.03 bits per heavy atom. The van der Waals surface area contributed by atoms with Crippen LogP contribution in [-0.2, 0) is 14.3 Å². The molecular weight excluding hydrogens is 447 g/mol. The number of hydrogen-bond donors (Lipinski definition) is 3. The number of aliphatic hydroxyl groups excluding tert-OH is 1. The van der Waals surface area contributed by atoms with Crippen LogP contribution in [-0.4, -0.2) is 53.5 Å². The summed E-state index contributed by atoms with van der Waals surface area (Å²) in [6, 6.07) is 8.90. The highest BCUT2D eigenvalue weighted by atomic mass is 19.1. The molecule has 0 spiro atoms. The number of benzene rings is 1. The average Bonchev–Trinajstić information content (AvgIpc) is 2.85. The van der Waals surface area contributed by atoms with Gasteiger partial charge in [-0.3, -0.25) is 14.9 Å². The van der Waals surface area contributed by atoms with Crippen molar-refractivity contribution in [3.8, 4) is 0 Å². The van der Waals surface area contributed by atoms with Crippen LogP contribution >= 0.6 is 0 Å². The number of aliphatic hydroxyl groups is 1. The quantitative estimate of drug-likeness (QED) is 0.243. The van der Waals surface area contributed by atoms with Crippen LogP contribution in [0.5, 0.6) is 0 Å². The molecule has 3 N–H and O–H groups in total. The molecule has 2 heterocycles. The summed E-state index contributed by atoms with van der Waals surface area (Å²) in [6.45, 7) is 1.04. The molecule has 10 nitrogen and oxygen atoms in total. The Labute approximate surface area is 195 Å². The molecule has 1 aliphatic heterocycles. The van der Waals surface area contributed by atoms with E-state index in [1.807, 2.05) is 0 Å². The summed E-state index contributed by atoms with van der Waals surface area (Å²) in [4.78, 5) is 26.8. The van der Waals surface area contributed by atoms with Crippen molar-refractivity contribution in [1.29, 1.82) is 0 Å². The first kappa shape index (κ1) is 25.1. The Morgan fingerprint density at radius 1 is 1.24 bits per heavy atom. The molecule has 182 valence electrons. The van der Waals surface area contributed by atoms with Gasteiger partial charge in [-0.2, -0.15) is 0 Å². The number of aromatic nitrogens is 1. The van der Waals surface area contributed by atoms with Crippen molar-refractivity contribution in [3.63, 3.8) is 0 Å². The Bertz CT molecular complexity index is 984. The number of unbranched alkanes of at least 4 members (excludes halogenated alkanes) is 1.